The highest BCUT2D eigenvalue weighted by atomic mass is 16.5. The predicted molar refractivity (Wildman–Crippen MR) is 87.6 cm³/mol. The second-order valence-corrected chi connectivity index (χ2v) is 5.86. The SMILES string of the molecule is CN(CC1Cc2ccccc2O1)C(=O)c1n[nH]c2ccccc12. The van der Waals surface area contributed by atoms with Crippen molar-refractivity contribution in [3.05, 3.63) is 59.8 Å². The molecule has 1 N–H and O–H groups in total. The standard InChI is InChI=1S/C18H17N3O2/c1-21(11-13-10-12-6-2-5-9-16(12)23-13)18(22)17-14-7-3-4-8-15(14)19-20-17/h2-9,13H,10-11H2,1H3,(H,19,20). The molecule has 3 aromatic rings. The molecule has 1 atom stereocenters. The highest BCUT2D eigenvalue weighted by molar-refractivity contribution is 6.04. The first-order valence-corrected chi connectivity index (χ1v) is 7.65. The summed E-state index contributed by atoms with van der Waals surface area (Å²) in [6, 6.07) is 15.7. The van der Waals surface area contributed by atoms with Gasteiger partial charge in [-0.15, -0.1) is 0 Å². The van der Waals surface area contributed by atoms with Crippen molar-refractivity contribution in [1.82, 2.24) is 15.1 Å². The second kappa shape index (κ2) is 5.43. The molecule has 0 saturated carbocycles. The zero-order chi connectivity index (χ0) is 15.8. The predicted octanol–water partition coefficient (Wildman–Crippen LogP) is 2.64. The maximum atomic E-state index is 12.7. The van der Waals surface area contributed by atoms with Gasteiger partial charge in [-0.1, -0.05) is 36.4 Å². The minimum atomic E-state index is -0.0954. The Morgan fingerprint density at radius 1 is 1.26 bits per heavy atom. The lowest BCUT2D eigenvalue weighted by Gasteiger charge is -2.20. The first-order chi connectivity index (χ1) is 11.2. The van der Waals surface area contributed by atoms with E-state index in [1.165, 1.54) is 5.56 Å². The molecular formula is C18H17N3O2. The Hall–Kier alpha value is -2.82. The van der Waals surface area contributed by atoms with Crippen LogP contribution in [0, 0.1) is 0 Å². The summed E-state index contributed by atoms with van der Waals surface area (Å²) in [5.74, 6) is 0.825. The van der Waals surface area contributed by atoms with Crippen LogP contribution in [-0.2, 0) is 6.42 Å². The number of H-pyrrole nitrogens is 1. The molecular weight excluding hydrogens is 290 g/mol. The van der Waals surface area contributed by atoms with Crippen molar-refractivity contribution in [3.8, 4) is 5.75 Å². The number of aromatic nitrogens is 2. The number of fused-ring (bicyclic) bond motifs is 2. The Balaban J connectivity index is 1.49. The molecule has 1 unspecified atom stereocenters. The normalized spacial score (nSPS) is 16.1. The third kappa shape index (κ3) is 2.44. The van der Waals surface area contributed by atoms with Gasteiger partial charge in [0.25, 0.3) is 5.91 Å². The van der Waals surface area contributed by atoms with Gasteiger partial charge in [-0.05, 0) is 17.7 Å². The van der Waals surface area contributed by atoms with E-state index in [9.17, 15) is 4.79 Å². The number of aromatic amines is 1. The number of ether oxygens (including phenoxy) is 1. The van der Waals surface area contributed by atoms with E-state index in [2.05, 4.69) is 16.3 Å². The Bertz CT molecular complexity index is 846. The van der Waals surface area contributed by atoms with Gasteiger partial charge in [-0.3, -0.25) is 9.89 Å². The number of carbonyl (C=O) groups is 1. The molecule has 0 aliphatic carbocycles. The van der Waals surface area contributed by atoms with Gasteiger partial charge in [-0.2, -0.15) is 5.10 Å². The van der Waals surface area contributed by atoms with Crippen molar-refractivity contribution < 1.29 is 9.53 Å². The average Bonchev–Trinajstić information content (AvgIpc) is 3.17. The van der Waals surface area contributed by atoms with Gasteiger partial charge in [0.05, 0.1) is 12.1 Å². The van der Waals surface area contributed by atoms with Gasteiger partial charge in [-0.25, -0.2) is 0 Å². The van der Waals surface area contributed by atoms with Crippen LogP contribution in [0.5, 0.6) is 5.75 Å². The number of nitrogens with one attached hydrogen (secondary N) is 1. The highest BCUT2D eigenvalue weighted by Gasteiger charge is 2.26. The summed E-state index contributed by atoms with van der Waals surface area (Å²) >= 11 is 0. The zero-order valence-corrected chi connectivity index (χ0v) is 12.8. The van der Waals surface area contributed by atoms with Crippen LogP contribution >= 0.6 is 0 Å². The topological polar surface area (TPSA) is 58.2 Å². The van der Waals surface area contributed by atoms with Crippen molar-refractivity contribution in [2.75, 3.05) is 13.6 Å². The van der Waals surface area contributed by atoms with Crippen LogP contribution in [-0.4, -0.2) is 40.7 Å². The minimum Gasteiger partial charge on any atom is -0.488 e. The molecule has 0 spiro atoms. The molecule has 23 heavy (non-hydrogen) atoms. The van der Waals surface area contributed by atoms with E-state index in [1.54, 1.807) is 11.9 Å². The van der Waals surface area contributed by atoms with E-state index in [0.717, 1.165) is 23.1 Å². The van der Waals surface area contributed by atoms with Crippen LogP contribution < -0.4 is 4.74 Å². The van der Waals surface area contributed by atoms with Gasteiger partial charge in [0.1, 0.15) is 11.9 Å². The van der Waals surface area contributed by atoms with Gasteiger partial charge in [0, 0.05) is 18.9 Å². The van der Waals surface area contributed by atoms with Gasteiger partial charge >= 0.3 is 0 Å². The molecule has 1 amide bonds. The number of rotatable bonds is 3. The van der Waals surface area contributed by atoms with E-state index in [0.29, 0.717) is 12.2 Å². The molecule has 0 fully saturated rings. The molecule has 2 heterocycles. The van der Waals surface area contributed by atoms with E-state index in [-0.39, 0.29) is 12.0 Å². The van der Waals surface area contributed by atoms with Crippen molar-refractivity contribution in [2.24, 2.45) is 0 Å². The molecule has 2 aromatic carbocycles. The smallest absolute Gasteiger partial charge is 0.274 e. The lowest BCUT2D eigenvalue weighted by molar-refractivity contribution is 0.0726. The van der Waals surface area contributed by atoms with Crippen LogP contribution in [0.25, 0.3) is 10.9 Å². The molecule has 1 aromatic heterocycles. The lowest BCUT2D eigenvalue weighted by atomic mass is 10.1. The number of carbonyl (C=O) groups excluding carboxylic acids is 1. The second-order valence-electron chi connectivity index (χ2n) is 5.86. The lowest BCUT2D eigenvalue weighted by Crippen LogP contribution is -2.36. The number of hydrogen-bond acceptors (Lipinski definition) is 3. The quantitative estimate of drug-likeness (QED) is 0.809. The minimum absolute atomic E-state index is 0.00782. The van der Waals surface area contributed by atoms with E-state index in [1.807, 2.05) is 42.5 Å². The number of nitrogens with zero attached hydrogens (tertiary/aromatic N) is 2. The molecule has 0 radical (unpaired) electrons. The molecule has 5 heteroatoms. The Morgan fingerprint density at radius 2 is 2.04 bits per heavy atom. The zero-order valence-electron chi connectivity index (χ0n) is 12.8. The third-order valence-corrected chi connectivity index (χ3v) is 4.21. The highest BCUT2D eigenvalue weighted by Crippen LogP contribution is 2.28. The summed E-state index contributed by atoms with van der Waals surface area (Å²) in [4.78, 5) is 14.3. The fraction of sp³-hybridized carbons (Fsp3) is 0.222. The Kier molecular flexibility index (Phi) is 3.26. The molecule has 116 valence electrons. The average molecular weight is 307 g/mol. The number of hydrogen-bond donors (Lipinski definition) is 1. The number of amides is 1. The summed E-state index contributed by atoms with van der Waals surface area (Å²) in [5.41, 5.74) is 2.52. The summed E-state index contributed by atoms with van der Waals surface area (Å²) in [6.45, 7) is 0.536. The summed E-state index contributed by atoms with van der Waals surface area (Å²) < 4.78 is 5.91. The molecule has 1 aliphatic rings. The molecule has 0 saturated heterocycles. The maximum Gasteiger partial charge on any atom is 0.274 e. The summed E-state index contributed by atoms with van der Waals surface area (Å²) in [6.07, 6.45) is 0.821. The molecule has 0 bridgehead atoms. The summed E-state index contributed by atoms with van der Waals surface area (Å²) in [7, 11) is 1.79. The Morgan fingerprint density at radius 3 is 2.91 bits per heavy atom. The number of benzene rings is 2. The van der Waals surface area contributed by atoms with Crippen LogP contribution in [0.2, 0.25) is 0 Å². The molecule has 4 rings (SSSR count). The van der Waals surface area contributed by atoms with Crippen molar-refractivity contribution in [2.45, 2.75) is 12.5 Å². The Labute approximate surface area is 133 Å². The van der Waals surface area contributed by atoms with Gasteiger partial charge in [0.15, 0.2) is 5.69 Å². The largest absolute Gasteiger partial charge is 0.488 e. The van der Waals surface area contributed by atoms with E-state index >= 15 is 0 Å². The molecule has 5 nitrogen and oxygen atoms in total. The van der Waals surface area contributed by atoms with E-state index < -0.39 is 0 Å². The number of para-hydroxylation sites is 2. The van der Waals surface area contributed by atoms with Crippen LogP contribution in [0.4, 0.5) is 0 Å². The first-order valence-electron chi connectivity index (χ1n) is 7.65. The van der Waals surface area contributed by atoms with Crippen LogP contribution in [0.3, 0.4) is 0 Å². The monoisotopic (exact) mass is 307 g/mol. The van der Waals surface area contributed by atoms with E-state index in [4.69, 9.17) is 4.74 Å². The third-order valence-electron chi connectivity index (χ3n) is 4.21. The summed E-state index contributed by atoms with van der Waals surface area (Å²) in [5, 5.41) is 7.92. The number of likely N-dealkylation sites (N-methyl/N-ethyl adjacent to an activating group) is 1. The molecule has 1 aliphatic heterocycles. The van der Waals surface area contributed by atoms with Crippen LogP contribution in [0.1, 0.15) is 16.1 Å². The van der Waals surface area contributed by atoms with Gasteiger partial charge < -0.3 is 9.64 Å². The fourth-order valence-corrected chi connectivity index (χ4v) is 3.05. The van der Waals surface area contributed by atoms with Crippen molar-refractivity contribution in [1.29, 1.82) is 0 Å². The van der Waals surface area contributed by atoms with Crippen molar-refractivity contribution >= 4 is 16.8 Å². The fourth-order valence-electron chi connectivity index (χ4n) is 3.05. The van der Waals surface area contributed by atoms with Crippen molar-refractivity contribution in [3.63, 3.8) is 0 Å². The van der Waals surface area contributed by atoms with Gasteiger partial charge in [0.2, 0.25) is 0 Å². The first kappa shape index (κ1) is 13.8. The van der Waals surface area contributed by atoms with Crippen LogP contribution in [0.15, 0.2) is 48.5 Å². The maximum absolute atomic E-state index is 12.7.